The fourth-order valence-corrected chi connectivity index (χ4v) is 1.87. The predicted octanol–water partition coefficient (Wildman–Crippen LogP) is 4.63. The number of benzene rings is 1. The molecule has 0 aromatic heterocycles. The van der Waals surface area contributed by atoms with Crippen LogP contribution in [0.15, 0.2) is 18.2 Å². The zero-order valence-electron chi connectivity index (χ0n) is 9.77. The molecule has 9 heteroatoms. The van der Waals surface area contributed by atoms with Gasteiger partial charge >= 0.3 is 12.5 Å². The fourth-order valence-electron chi connectivity index (χ4n) is 1.49. The summed E-state index contributed by atoms with van der Waals surface area (Å²) in [4.78, 5) is 9.76. The highest BCUT2D eigenvalue weighted by Crippen LogP contribution is 2.44. The van der Waals surface area contributed by atoms with E-state index in [0.717, 1.165) is 19.1 Å². The predicted molar refractivity (Wildman–Crippen MR) is 60.5 cm³/mol. The third kappa shape index (κ3) is 4.12. The topological polar surface area (TPSA) is 26.3 Å². The Labute approximate surface area is 117 Å². The van der Waals surface area contributed by atoms with Crippen LogP contribution in [0.3, 0.4) is 0 Å². The lowest BCUT2D eigenvalue weighted by Crippen LogP contribution is -2.22. The summed E-state index contributed by atoms with van der Waals surface area (Å²) < 4.78 is 78.6. The molecular weight excluding hydrogens is 358 g/mol. The van der Waals surface area contributed by atoms with E-state index in [-0.39, 0.29) is 0 Å². The van der Waals surface area contributed by atoms with Gasteiger partial charge in [-0.3, -0.25) is 4.79 Å². The summed E-state index contributed by atoms with van der Waals surface area (Å²) in [7, 11) is 0. The molecule has 1 unspecified atom stereocenters. The smallest absolute Gasteiger partial charge is 0.405 e. The number of hydrogen-bond acceptors (Lipinski definition) is 2. The maximum absolute atomic E-state index is 12.9. The highest BCUT2D eigenvalue weighted by Gasteiger charge is 2.42. The van der Waals surface area contributed by atoms with Crippen LogP contribution in [0, 0.1) is 0 Å². The van der Waals surface area contributed by atoms with Crippen LogP contribution in [-0.4, -0.2) is 12.1 Å². The molecule has 1 rings (SSSR count). The van der Waals surface area contributed by atoms with Gasteiger partial charge in [-0.15, -0.1) is 13.2 Å². The maximum atomic E-state index is 12.9. The Morgan fingerprint density at radius 2 is 1.75 bits per heavy atom. The number of carbonyl (C=O) groups excluding carboxylic acids is 1. The van der Waals surface area contributed by atoms with Crippen molar-refractivity contribution in [2.45, 2.75) is 24.3 Å². The third-order valence-electron chi connectivity index (χ3n) is 2.20. The lowest BCUT2D eigenvalue weighted by molar-refractivity contribution is -0.276. The molecule has 0 amide bonds. The summed E-state index contributed by atoms with van der Waals surface area (Å²) in [5.74, 6) is -2.08. The molecule has 0 N–H and O–H groups in total. The summed E-state index contributed by atoms with van der Waals surface area (Å²) in [5.41, 5.74) is -2.26. The number of ketones is 1. The molecule has 1 atom stereocenters. The summed E-state index contributed by atoms with van der Waals surface area (Å²) in [5, 5.41) is 0. The lowest BCUT2D eigenvalue weighted by Gasteiger charge is -2.20. The van der Waals surface area contributed by atoms with Crippen LogP contribution in [0.1, 0.15) is 22.9 Å². The summed E-state index contributed by atoms with van der Waals surface area (Å²) in [6.07, 6.45) is -10.4. The Kier molecular flexibility index (Phi) is 4.73. The Balaban J connectivity index is 3.47. The number of Topliss-reactive ketones (excluding diaryl/α,β-unsaturated/α-hetero) is 1. The Bertz CT molecular complexity index is 509. The SMILES string of the molecule is CC(=O)C(Br)c1cccc(OC(F)(F)F)c1C(F)(F)F. The minimum Gasteiger partial charge on any atom is -0.405 e. The van der Waals surface area contributed by atoms with Gasteiger partial charge in [-0.2, -0.15) is 13.2 Å². The molecule has 0 aliphatic rings. The zero-order chi connectivity index (χ0) is 15.7. The van der Waals surface area contributed by atoms with Gasteiger partial charge < -0.3 is 4.74 Å². The van der Waals surface area contributed by atoms with E-state index in [1.807, 2.05) is 0 Å². The average Bonchev–Trinajstić information content (AvgIpc) is 2.23. The first-order valence-electron chi connectivity index (χ1n) is 5.04. The first-order chi connectivity index (χ1) is 8.93. The third-order valence-corrected chi connectivity index (χ3v) is 3.34. The van der Waals surface area contributed by atoms with Gasteiger partial charge in [0, 0.05) is 0 Å². The van der Waals surface area contributed by atoms with E-state index in [4.69, 9.17) is 0 Å². The van der Waals surface area contributed by atoms with Crippen LogP contribution in [-0.2, 0) is 11.0 Å². The van der Waals surface area contributed by atoms with E-state index in [1.54, 1.807) is 0 Å². The normalized spacial score (nSPS) is 14.0. The largest absolute Gasteiger partial charge is 0.573 e. The minimum atomic E-state index is -5.27. The molecule has 0 aliphatic heterocycles. The number of ether oxygens (including phenoxy) is 1. The summed E-state index contributed by atoms with van der Waals surface area (Å²) in [6, 6.07) is 2.40. The van der Waals surface area contributed by atoms with Crippen molar-refractivity contribution in [3.05, 3.63) is 29.3 Å². The van der Waals surface area contributed by atoms with Crippen molar-refractivity contribution < 1.29 is 35.9 Å². The molecule has 0 saturated heterocycles. The van der Waals surface area contributed by atoms with Crippen molar-refractivity contribution in [2.75, 3.05) is 0 Å². The molecular formula is C11H7BrF6O2. The molecule has 0 fully saturated rings. The fraction of sp³-hybridized carbons (Fsp3) is 0.364. The van der Waals surface area contributed by atoms with Gasteiger partial charge in [-0.25, -0.2) is 0 Å². The van der Waals surface area contributed by atoms with Crippen LogP contribution in [0.2, 0.25) is 0 Å². The molecule has 1 aromatic carbocycles. The summed E-state index contributed by atoms with van der Waals surface area (Å²) >= 11 is 2.72. The van der Waals surface area contributed by atoms with E-state index in [0.29, 0.717) is 6.07 Å². The van der Waals surface area contributed by atoms with Gasteiger partial charge in [-0.1, -0.05) is 28.1 Å². The standard InChI is InChI=1S/C11H7BrF6O2/c1-5(19)9(12)6-3-2-4-7(20-11(16,17)18)8(6)10(13,14)15/h2-4,9H,1H3. The molecule has 112 valence electrons. The van der Waals surface area contributed by atoms with Crippen LogP contribution in [0.4, 0.5) is 26.3 Å². The van der Waals surface area contributed by atoms with Crippen molar-refractivity contribution in [3.63, 3.8) is 0 Å². The molecule has 0 heterocycles. The molecule has 0 saturated carbocycles. The Morgan fingerprint density at radius 3 is 2.15 bits per heavy atom. The van der Waals surface area contributed by atoms with Crippen LogP contribution < -0.4 is 4.74 Å². The second-order valence-electron chi connectivity index (χ2n) is 3.74. The van der Waals surface area contributed by atoms with E-state index in [2.05, 4.69) is 20.7 Å². The molecule has 0 aliphatic carbocycles. The van der Waals surface area contributed by atoms with Crippen molar-refractivity contribution in [1.82, 2.24) is 0 Å². The number of carbonyl (C=O) groups is 1. The van der Waals surface area contributed by atoms with Crippen molar-refractivity contribution in [3.8, 4) is 5.75 Å². The van der Waals surface area contributed by atoms with Gasteiger partial charge in [0.05, 0.1) is 4.83 Å². The van der Waals surface area contributed by atoms with Gasteiger partial charge in [-0.05, 0) is 18.6 Å². The van der Waals surface area contributed by atoms with Crippen molar-refractivity contribution in [2.24, 2.45) is 0 Å². The Hall–Kier alpha value is -1.25. The summed E-state index contributed by atoms with van der Waals surface area (Å²) in [6.45, 7) is 1.01. The molecule has 20 heavy (non-hydrogen) atoms. The van der Waals surface area contributed by atoms with Gasteiger partial charge in [0.2, 0.25) is 0 Å². The highest BCUT2D eigenvalue weighted by molar-refractivity contribution is 9.09. The minimum absolute atomic E-state index is 0.541. The molecule has 2 nitrogen and oxygen atoms in total. The Morgan fingerprint density at radius 1 is 1.20 bits per heavy atom. The quantitative estimate of drug-likeness (QED) is 0.577. The maximum Gasteiger partial charge on any atom is 0.573 e. The van der Waals surface area contributed by atoms with Crippen LogP contribution in [0.25, 0.3) is 0 Å². The molecule has 0 bridgehead atoms. The lowest BCUT2D eigenvalue weighted by atomic mass is 10.0. The number of hydrogen-bond donors (Lipinski definition) is 0. The zero-order valence-corrected chi connectivity index (χ0v) is 11.4. The first kappa shape index (κ1) is 16.8. The first-order valence-corrected chi connectivity index (χ1v) is 5.95. The van der Waals surface area contributed by atoms with Crippen LogP contribution >= 0.6 is 15.9 Å². The van der Waals surface area contributed by atoms with E-state index >= 15 is 0 Å². The molecule has 1 aromatic rings. The van der Waals surface area contributed by atoms with Crippen LogP contribution in [0.5, 0.6) is 5.75 Å². The van der Waals surface area contributed by atoms with Gasteiger partial charge in [0.25, 0.3) is 0 Å². The second kappa shape index (κ2) is 5.63. The number of rotatable bonds is 3. The van der Waals surface area contributed by atoms with E-state index < -0.39 is 40.0 Å². The average molecular weight is 365 g/mol. The highest BCUT2D eigenvalue weighted by atomic mass is 79.9. The molecule has 0 spiro atoms. The monoisotopic (exact) mass is 364 g/mol. The number of halogens is 7. The second-order valence-corrected chi connectivity index (χ2v) is 4.65. The van der Waals surface area contributed by atoms with E-state index in [9.17, 15) is 31.1 Å². The van der Waals surface area contributed by atoms with Gasteiger partial charge in [0.15, 0.2) is 0 Å². The van der Waals surface area contributed by atoms with E-state index in [1.165, 1.54) is 0 Å². The number of alkyl halides is 7. The molecule has 0 radical (unpaired) electrons. The van der Waals surface area contributed by atoms with Crippen molar-refractivity contribution in [1.29, 1.82) is 0 Å². The van der Waals surface area contributed by atoms with Gasteiger partial charge in [0.1, 0.15) is 17.1 Å². The van der Waals surface area contributed by atoms with Crippen molar-refractivity contribution >= 4 is 21.7 Å².